The number of ether oxygens (including phenoxy) is 2. The van der Waals surface area contributed by atoms with Crippen molar-refractivity contribution in [2.24, 2.45) is 0 Å². The minimum absolute atomic E-state index is 0.00330. The third-order valence-electron chi connectivity index (χ3n) is 3.32. The van der Waals surface area contributed by atoms with Gasteiger partial charge in [-0.05, 0) is 26.0 Å². The maximum atomic E-state index is 13.8. The number of hydrogen-bond donors (Lipinski definition) is 0. The molecule has 1 aliphatic rings. The van der Waals surface area contributed by atoms with Crippen LogP contribution >= 0.6 is 0 Å². The molecule has 5 nitrogen and oxygen atoms in total. The second-order valence-corrected chi connectivity index (χ2v) is 7.68. The molecule has 0 aliphatic carbocycles. The molecule has 1 aliphatic heterocycles. The summed E-state index contributed by atoms with van der Waals surface area (Å²) < 4.78 is 64.7. The smallest absolute Gasteiger partial charge is 0.249 e. The van der Waals surface area contributed by atoms with Gasteiger partial charge in [0.05, 0.1) is 18.3 Å². The summed E-state index contributed by atoms with van der Waals surface area (Å²) in [5, 5.41) is 0. The molecule has 0 amide bonds. The zero-order valence-electron chi connectivity index (χ0n) is 12.7. The summed E-state index contributed by atoms with van der Waals surface area (Å²) in [6, 6.07) is 2.98. The van der Waals surface area contributed by atoms with E-state index in [1.165, 1.54) is 7.11 Å². The Bertz CT molecular complexity index is 628. The molecular weight excluding hydrogens is 316 g/mol. The Balaban J connectivity index is 2.40. The molecule has 1 saturated heterocycles. The van der Waals surface area contributed by atoms with Crippen LogP contribution in [0.3, 0.4) is 0 Å². The molecule has 1 aromatic carbocycles. The van der Waals surface area contributed by atoms with E-state index >= 15 is 0 Å². The first-order valence-corrected chi connectivity index (χ1v) is 8.22. The molecule has 124 valence electrons. The van der Waals surface area contributed by atoms with E-state index in [9.17, 15) is 17.2 Å². The SMILES string of the molecule is COC[C@@H]1CN(S(=O)(=O)c2c(F)cccc2F)CC(C)(C)O1. The van der Waals surface area contributed by atoms with Gasteiger partial charge in [0.15, 0.2) is 4.90 Å². The first kappa shape index (κ1) is 17.3. The molecule has 0 spiro atoms. The lowest BCUT2D eigenvalue weighted by atomic mass is 10.1. The summed E-state index contributed by atoms with van der Waals surface area (Å²) in [6.45, 7) is 3.61. The van der Waals surface area contributed by atoms with Crippen molar-refractivity contribution in [3.8, 4) is 0 Å². The van der Waals surface area contributed by atoms with E-state index in [-0.39, 0.29) is 19.7 Å². The maximum absolute atomic E-state index is 13.8. The zero-order chi connectivity index (χ0) is 16.5. The third kappa shape index (κ3) is 3.45. The van der Waals surface area contributed by atoms with Crippen LogP contribution in [0.1, 0.15) is 13.8 Å². The number of morpholine rings is 1. The normalized spacial score (nSPS) is 22.7. The van der Waals surface area contributed by atoms with Gasteiger partial charge in [-0.1, -0.05) is 6.07 Å². The Labute approximate surface area is 128 Å². The van der Waals surface area contributed by atoms with Crippen LogP contribution in [0, 0.1) is 11.6 Å². The molecule has 2 rings (SSSR count). The van der Waals surface area contributed by atoms with Crippen LogP contribution in [-0.4, -0.2) is 51.2 Å². The number of benzene rings is 1. The Hall–Kier alpha value is -1.09. The Morgan fingerprint density at radius 2 is 1.95 bits per heavy atom. The average Bonchev–Trinajstić information content (AvgIpc) is 2.36. The van der Waals surface area contributed by atoms with E-state index in [1.54, 1.807) is 13.8 Å². The highest BCUT2D eigenvalue weighted by Crippen LogP contribution is 2.29. The van der Waals surface area contributed by atoms with E-state index in [0.717, 1.165) is 22.5 Å². The summed E-state index contributed by atoms with van der Waals surface area (Å²) in [4.78, 5) is -0.927. The van der Waals surface area contributed by atoms with Crippen LogP contribution in [0.25, 0.3) is 0 Å². The maximum Gasteiger partial charge on any atom is 0.249 e. The highest BCUT2D eigenvalue weighted by Gasteiger charge is 2.41. The molecule has 0 radical (unpaired) electrons. The molecule has 22 heavy (non-hydrogen) atoms. The standard InChI is InChI=1S/C14H19F2NO4S/c1-14(2)9-17(7-10(21-14)8-20-3)22(18,19)13-11(15)5-4-6-12(13)16/h4-6,10H,7-9H2,1-3H3/t10-/m0/s1. The number of halogens is 2. The quantitative estimate of drug-likeness (QED) is 0.842. The average molecular weight is 335 g/mol. The van der Waals surface area contributed by atoms with Crippen LogP contribution in [0.4, 0.5) is 8.78 Å². The molecule has 0 unspecified atom stereocenters. The topological polar surface area (TPSA) is 55.8 Å². The summed E-state index contributed by atoms with van der Waals surface area (Å²) in [5.74, 6) is -2.21. The van der Waals surface area contributed by atoms with Crippen molar-refractivity contribution in [2.75, 3.05) is 26.8 Å². The van der Waals surface area contributed by atoms with Crippen molar-refractivity contribution < 1.29 is 26.7 Å². The molecule has 0 saturated carbocycles. The van der Waals surface area contributed by atoms with Crippen molar-refractivity contribution >= 4 is 10.0 Å². The molecule has 0 aromatic heterocycles. The number of rotatable bonds is 4. The summed E-state index contributed by atoms with van der Waals surface area (Å²) in [7, 11) is -2.83. The molecule has 1 atom stereocenters. The van der Waals surface area contributed by atoms with E-state index in [0.29, 0.717) is 0 Å². The largest absolute Gasteiger partial charge is 0.382 e. The minimum Gasteiger partial charge on any atom is -0.382 e. The molecule has 0 N–H and O–H groups in total. The third-order valence-corrected chi connectivity index (χ3v) is 5.18. The Morgan fingerprint density at radius 1 is 1.36 bits per heavy atom. The first-order valence-electron chi connectivity index (χ1n) is 6.78. The molecule has 1 heterocycles. The van der Waals surface area contributed by atoms with Gasteiger partial charge in [0, 0.05) is 20.2 Å². The van der Waals surface area contributed by atoms with Crippen LogP contribution in [-0.2, 0) is 19.5 Å². The van der Waals surface area contributed by atoms with Crippen molar-refractivity contribution in [3.63, 3.8) is 0 Å². The van der Waals surface area contributed by atoms with Gasteiger partial charge in [-0.2, -0.15) is 4.31 Å². The number of sulfonamides is 1. The highest BCUT2D eigenvalue weighted by molar-refractivity contribution is 7.89. The van der Waals surface area contributed by atoms with Crippen LogP contribution in [0.2, 0.25) is 0 Å². The first-order chi connectivity index (χ1) is 10.2. The van der Waals surface area contributed by atoms with Gasteiger partial charge >= 0.3 is 0 Å². The number of nitrogens with zero attached hydrogens (tertiary/aromatic N) is 1. The summed E-state index contributed by atoms with van der Waals surface area (Å²) >= 11 is 0. The van der Waals surface area contributed by atoms with Gasteiger partial charge in [0.25, 0.3) is 0 Å². The van der Waals surface area contributed by atoms with Crippen LogP contribution in [0.5, 0.6) is 0 Å². The van der Waals surface area contributed by atoms with Crippen molar-refractivity contribution in [1.29, 1.82) is 0 Å². The fourth-order valence-electron chi connectivity index (χ4n) is 2.56. The number of hydrogen-bond acceptors (Lipinski definition) is 4. The summed E-state index contributed by atoms with van der Waals surface area (Å²) in [6.07, 6.45) is -0.502. The summed E-state index contributed by atoms with van der Waals surface area (Å²) in [5.41, 5.74) is -0.781. The van der Waals surface area contributed by atoms with Gasteiger partial charge in [0.1, 0.15) is 11.6 Å². The number of methoxy groups -OCH3 is 1. The predicted molar refractivity (Wildman–Crippen MR) is 75.9 cm³/mol. The van der Waals surface area contributed by atoms with Gasteiger partial charge in [0.2, 0.25) is 10.0 Å². The lowest BCUT2D eigenvalue weighted by molar-refractivity contribution is -0.135. The van der Waals surface area contributed by atoms with Gasteiger partial charge in [-0.25, -0.2) is 17.2 Å². The van der Waals surface area contributed by atoms with E-state index in [4.69, 9.17) is 9.47 Å². The zero-order valence-corrected chi connectivity index (χ0v) is 13.5. The fourth-order valence-corrected chi connectivity index (χ4v) is 4.29. The lowest BCUT2D eigenvalue weighted by Gasteiger charge is -2.41. The van der Waals surface area contributed by atoms with Crippen molar-refractivity contribution in [3.05, 3.63) is 29.8 Å². The Morgan fingerprint density at radius 3 is 2.50 bits per heavy atom. The van der Waals surface area contributed by atoms with Crippen molar-refractivity contribution in [1.82, 2.24) is 4.31 Å². The van der Waals surface area contributed by atoms with E-state index < -0.39 is 38.3 Å². The molecule has 1 aromatic rings. The van der Waals surface area contributed by atoms with Crippen LogP contribution in [0.15, 0.2) is 23.1 Å². The fraction of sp³-hybridized carbons (Fsp3) is 0.571. The van der Waals surface area contributed by atoms with Crippen molar-refractivity contribution in [2.45, 2.75) is 30.4 Å². The highest BCUT2D eigenvalue weighted by atomic mass is 32.2. The van der Waals surface area contributed by atoms with Crippen LogP contribution < -0.4 is 0 Å². The molecule has 8 heteroatoms. The Kier molecular flexibility index (Phi) is 4.86. The molecule has 0 bridgehead atoms. The minimum atomic E-state index is -4.30. The van der Waals surface area contributed by atoms with Gasteiger partial charge in [-0.15, -0.1) is 0 Å². The van der Waals surface area contributed by atoms with E-state index in [2.05, 4.69) is 0 Å². The monoisotopic (exact) mass is 335 g/mol. The van der Waals surface area contributed by atoms with Gasteiger partial charge < -0.3 is 9.47 Å². The second-order valence-electron chi connectivity index (χ2n) is 5.80. The van der Waals surface area contributed by atoms with Gasteiger partial charge in [-0.3, -0.25) is 0 Å². The predicted octanol–water partition coefficient (Wildman–Crippen LogP) is 1.78. The second kappa shape index (κ2) is 6.19. The molecular formula is C14H19F2NO4S. The molecule has 1 fully saturated rings. The van der Waals surface area contributed by atoms with E-state index in [1.807, 2.05) is 0 Å². The lowest BCUT2D eigenvalue weighted by Crippen LogP contribution is -2.55.